The van der Waals surface area contributed by atoms with Crippen molar-refractivity contribution in [2.75, 3.05) is 11.1 Å². The molecule has 11 heteroatoms. The first kappa shape index (κ1) is 19.1. The molecule has 3 N–H and O–H groups in total. The van der Waals surface area contributed by atoms with Gasteiger partial charge >= 0.3 is 0 Å². The molecule has 3 heterocycles. The van der Waals surface area contributed by atoms with E-state index in [0.29, 0.717) is 26.5 Å². The largest absolute Gasteiger partial charge is 0.382 e. The van der Waals surface area contributed by atoms with Crippen molar-refractivity contribution in [1.82, 2.24) is 24.5 Å². The summed E-state index contributed by atoms with van der Waals surface area (Å²) in [6, 6.07) is 4.56. The number of thiazole rings is 1. The van der Waals surface area contributed by atoms with Gasteiger partial charge in [0, 0.05) is 12.0 Å². The van der Waals surface area contributed by atoms with E-state index < -0.39 is 0 Å². The minimum atomic E-state index is -0.317. The van der Waals surface area contributed by atoms with Crippen LogP contribution in [0.3, 0.4) is 0 Å². The van der Waals surface area contributed by atoms with E-state index in [-0.39, 0.29) is 34.8 Å². The van der Waals surface area contributed by atoms with Gasteiger partial charge in [0.2, 0.25) is 11.2 Å². The molecule has 1 aliphatic rings. The topological polar surface area (TPSA) is 112 Å². The maximum Gasteiger partial charge on any atom is 0.229 e. The van der Waals surface area contributed by atoms with E-state index in [4.69, 9.17) is 17.3 Å². The Bertz CT molecular complexity index is 1260. The summed E-state index contributed by atoms with van der Waals surface area (Å²) in [5.74, 6) is -0.226. The number of aromatic nitrogens is 5. The second kappa shape index (κ2) is 7.44. The van der Waals surface area contributed by atoms with Crippen molar-refractivity contribution in [2.45, 2.75) is 31.7 Å². The third-order valence-electron chi connectivity index (χ3n) is 5.46. The molecule has 0 radical (unpaired) electrons. The number of nitrogens with two attached hydrogens (primary N) is 1. The van der Waals surface area contributed by atoms with Gasteiger partial charge in [-0.25, -0.2) is 14.4 Å². The maximum absolute atomic E-state index is 13.4. The molecule has 1 aliphatic carbocycles. The molecule has 0 aliphatic heterocycles. The lowest BCUT2D eigenvalue weighted by molar-refractivity contribution is -0.120. The molecule has 8 nitrogen and oxygen atoms in total. The quantitative estimate of drug-likeness (QED) is 0.457. The zero-order valence-corrected chi connectivity index (χ0v) is 17.3. The molecule has 5 rings (SSSR count). The maximum atomic E-state index is 13.4. The second-order valence-corrected chi connectivity index (χ2v) is 8.70. The number of amides is 1. The van der Waals surface area contributed by atoms with Gasteiger partial charge in [-0.2, -0.15) is 9.97 Å². The van der Waals surface area contributed by atoms with Crippen LogP contribution in [-0.2, 0) is 4.79 Å². The Kier molecular flexibility index (Phi) is 4.75. The van der Waals surface area contributed by atoms with E-state index >= 15 is 0 Å². The van der Waals surface area contributed by atoms with Crippen LogP contribution in [0, 0.1) is 11.7 Å². The smallest absolute Gasteiger partial charge is 0.229 e. The molecule has 1 saturated carbocycles. The first-order chi connectivity index (χ1) is 14.5. The fourth-order valence-corrected chi connectivity index (χ4v) is 5.02. The van der Waals surface area contributed by atoms with Crippen LogP contribution in [0.1, 0.15) is 31.7 Å². The Morgan fingerprint density at radius 3 is 2.83 bits per heavy atom. The van der Waals surface area contributed by atoms with Crippen molar-refractivity contribution in [1.29, 1.82) is 0 Å². The number of hydrogen-bond acceptors (Lipinski definition) is 7. The predicted octanol–water partition coefficient (Wildman–Crippen LogP) is 4.18. The fourth-order valence-electron chi connectivity index (χ4n) is 3.95. The molecular formula is C19H17ClFN7OS. The highest BCUT2D eigenvalue weighted by molar-refractivity contribution is 7.22. The van der Waals surface area contributed by atoms with Gasteiger partial charge in [0.15, 0.2) is 16.6 Å². The van der Waals surface area contributed by atoms with Crippen LogP contribution < -0.4 is 11.1 Å². The van der Waals surface area contributed by atoms with Crippen LogP contribution in [-0.4, -0.2) is 30.4 Å². The molecule has 1 aromatic carbocycles. The molecule has 4 aromatic rings. The lowest BCUT2D eigenvalue weighted by Gasteiger charge is -2.28. The minimum absolute atomic E-state index is 0.0573. The van der Waals surface area contributed by atoms with Crippen molar-refractivity contribution in [3.63, 3.8) is 0 Å². The van der Waals surface area contributed by atoms with Crippen molar-refractivity contribution >= 4 is 61.2 Å². The first-order valence-corrected chi connectivity index (χ1v) is 10.7. The lowest BCUT2D eigenvalue weighted by Crippen LogP contribution is -2.28. The summed E-state index contributed by atoms with van der Waals surface area (Å²) in [7, 11) is 0. The van der Waals surface area contributed by atoms with Gasteiger partial charge < -0.3 is 15.6 Å². The molecule has 3 aromatic heterocycles. The first-order valence-electron chi connectivity index (χ1n) is 9.50. The summed E-state index contributed by atoms with van der Waals surface area (Å²) >= 11 is 7.22. The average Bonchev–Trinajstić information content (AvgIpc) is 3.31. The molecule has 0 unspecified atom stereocenters. The number of carbonyl (C=O) groups is 1. The normalized spacial score (nSPS) is 19.4. The number of imidazole rings is 1. The highest BCUT2D eigenvalue weighted by Gasteiger charge is 2.29. The number of fused-ring (bicyclic) bond motifs is 2. The van der Waals surface area contributed by atoms with Crippen LogP contribution in [0.25, 0.3) is 21.4 Å². The van der Waals surface area contributed by atoms with Crippen LogP contribution in [0.5, 0.6) is 0 Å². The van der Waals surface area contributed by atoms with E-state index in [1.165, 1.54) is 23.5 Å². The van der Waals surface area contributed by atoms with Crippen molar-refractivity contribution in [3.05, 3.63) is 35.6 Å². The number of benzene rings is 1. The van der Waals surface area contributed by atoms with Gasteiger partial charge in [0.1, 0.15) is 11.3 Å². The highest BCUT2D eigenvalue weighted by atomic mass is 35.5. The van der Waals surface area contributed by atoms with Crippen LogP contribution in [0.4, 0.5) is 15.3 Å². The Hall–Kier alpha value is -2.85. The molecule has 1 fully saturated rings. The highest BCUT2D eigenvalue weighted by Crippen LogP contribution is 2.35. The Morgan fingerprint density at radius 1 is 1.23 bits per heavy atom. The predicted molar refractivity (Wildman–Crippen MR) is 114 cm³/mol. The molecule has 154 valence electrons. The zero-order valence-electron chi connectivity index (χ0n) is 15.7. The number of nitrogens with one attached hydrogen (secondary N) is 1. The van der Waals surface area contributed by atoms with E-state index in [1.54, 1.807) is 12.4 Å². The molecule has 0 saturated heterocycles. The summed E-state index contributed by atoms with van der Waals surface area (Å²) in [6.07, 6.45) is 4.76. The summed E-state index contributed by atoms with van der Waals surface area (Å²) in [4.78, 5) is 29.6. The SMILES string of the molecule is Nc1nc(Cl)nc2c1ncn2[C@H]1CC[C@@H](C(=O)Nc2nc3ccc(F)cc3s2)CC1. The molecule has 30 heavy (non-hydrogen) atoms. The number of nitrogens with zero attached hydrogens (tertiary/aromatic N) is 5. The van der Waals surface area contributed by atoms with Crippen LogP contribution in [0.15, 0.2) is 24.5 Å². The zero-order chi connectivity index (χ0) is 20.8. The molecule has 0 bridgehead atoms. The van der Waals surface area contributed by atoms with E-state index in [2.05, 4.69) is 25.3 Å². The molecule has 0 atom stereocenters. The van der Waals surface area contributed by atoms with Gasteiger partial charge in [0.05, 0.1) is 16.5 Å². The van der Waals surface area contributed by atoms with Gasteiger partial charge in [-0.05, 0) is 55.5 Å². The van der Waals surface area contributed by atoms with E-state index in [0.717, 1.165) is 25.7 Å². The minimum Gasteiger partial charge on any atom is -0.382 e. The lowest BCUT2D eigenvalue weighted by atomic mass is 9.85. The summed E-state index contributed by atoms with van der Waals surface area (Å²) < 4.78 is 16.0. The third-order valence-corrected chi connectivity index (χ3v) is 6.57. The summed E-state index contributed by atoms with van der Waals surface area (Å²) in [5.41, 5.74) is 7.70. The fraction of sp³-hybridized carbons (Fsp3) is 0.316. The summed E-state index contributed by atoms with van der Waals surface area (Å²) in [5, 5.41) is 3.47. The van der Waals surface area contributed by atoms with Crippen LogP contribution >= 0.6 is 22.9 Å². The Balaban J connectivity index is 1.27. The van der Waals surface area contributed by atoms with E-state index in [9.17, 15) is 9.18 Å². The third kappa shape index (κ3) is 3.46. The number of hydrogen-bond donors (Lipinski definition) is 2. The molecular weight excluding hydrogens is 429 g/mol. The average molecular weight is 446 g/mol. The molecule has 1 amide bonds. The monoisotopic (exact) mass is 445 g/mol. The number of nitrogen functional groups attached to an aromatic ring is 1. The van der Waals surface area contributed by atoms with Gasteiger partial charge in [-0.15, -0.1) is 0 Å². The number of anilines is 2. The Morgan fingerprint density at radius 2 is 2.03 bits per heavy atom. The number of halogens is 2. The van der Waals surface area contributed by atoms with Gasteiger partial charge in [-0.3, -0.25) is 4.79 Å². The van der Waals surface area contributed by atoms with E-state index in [1.807, 2.05) is 4.57 Å². The Labute approximate surface area is 179 Å². The van der Waals surface area contributed by atoms with Gasteiger partial charge in [0.25, 0.3) is 0 Å². The number of carbonyl (C=O) groups excluding carboxylic acids is 1. The van der Waals surface area contributed by atoms with Crippen LogP contribution in [0.2, 0.25) is 5.28 Å². The second-order valence-electron chi connectivity index (χ2n) is 7.33. The van der Waals surface area contributed by atoms with Gasteiger partial charge in [-0.1, -0.05) is 11.3 Å². The standard InChI is InChI=1S/C19H17ClFN7OS/c20-18-25-15(22)14-16(26-18)28(8-23-14)11-4-1-9(2-5-11)17(29)27-19-24-12-6-3-10(21)7-13(12)30-19/h3,6-9,11H,1-2,4-5H2,(H2,22,25,26)(H,24,27,29)/t9-,11+. The van der Waals surface area contributed by atoms with Crippen molar-refractivity contribution in [3.8, 4) is 0 Å². The van der Waals surface area contributed by atoms with Crippen molar-refractivity contribution in [2.24, 2.45) is 5.92 Å². The molecule has 0 spiro atoms. The number of rotatable bonds is 3. The van der Waals surface area contributed by atoms with Crippen molar-refractivity contribution < 1.29 is 9.18 Å². The summed E-state index contributed by atoms with van der Waals surface area (Å²) in [6.45, 7) is 0.